The van der Waals surface area contributed by atoms with Crippen molar-refractivity contribution < 1.29 is 18.7 Å². The number of aliphatic imine (C=N–C) groups is 1. The van der Waals surface area contributed by atoms with E-state index in [0.717, 1.165) is 22.4 Å². The van der Waals surface area contributed by atoms with Gasteiger partial charge in [-0.15, -0.1) is 0 Å². The first-order valence-corrected chi connectivity index (χ1v) is 13.0. The first-order valence-electron chi connectivity index (χ1n) is 13.0. The Morgan fingerprint density at radius 2 is 1.82 bits per heavy atom. The van der Waals surface area contributed by atoms with Gasteiger partial charge in [0.05, 0.1) is 11.7 Å². The molecule has 1 unspecified atom stereocenters. The number of benzene rings is 2. The molecule has 0 spiro atoms. The number of carbonyl (C=O) groups is 2. The minimum atomic E-state index is -1.15. The average Bonchev–Trinajstić information content (AvgIpc) is 3.40. The Labute approximate surface area is 223 Å². The third kappa shape index (κ3) is 5.49. The van der Waals surface area contributed by atoms with Gasteiger partial charge < -0.3 is 14.9 Å². The highest BCUT2D eigenvalue weighted by Gasteiger charge is 2.51. The zero-order valence-corrected chi connectivity index (χ0v) is 22.7. The lowest BCUT2D eigenvalue weighted by atomic mass is 9.82. The summed E-state index contributed by atoms with van der Waals surface area (Å²) in [5, 5.41) is 0. The van der Waals surface area contributed by atoms with Crippen LogP contribution in [0.3, 0.4) is 0 Å². The van der Waals surface area contributed by atoms with Crippen LogP contribution in [0.1, 0.15) is 63.4 Å². The second kappa shape index (κ2) is 11.2. The molecule has 1 amide bonds. The van der Waals surface area contributed by atoms with Crippen LogP contribution >= 0.6 is 0 Å². The number of nitrogens with zero attached hydrogens (tertiary/aromatic N) is 3. The number of esters is 1. The van der Waals surface area contributed by atoms with E-state index in [4.69, 9.17) is 19.9 Å². The van der Waals surface area contributed by atoms with E-state index in [1.165, 1.54) is 11.3 Å². The average molecular weight is 517 g/mol. The van der Waals surface area contributed by atoms with Gasteiger partial charge in [0.25, 0.3) is 5.91 Å². The Kier molecular flexibility index (Phi) is 7.99. The summed E-state index contributed by atoms with van der Waals surface area (Å²) in [5.74, 6) is 0.499. The molecule has 8 heteroatoms. The van der Waals surface area contributed by atoms with Gasteiger partial charge >= 0.3 is 5.97 Å². The molecule has 4 rings (SSSR count). The zero-order valence-electron chi connectivity index (χ0n) is 22.7. The van der Waals surface area contributed by atoms with Crippen molar-refractivity contribution in [3.63, 3.8) is 0 Å². The van der Waals surface area contributed by atoms with Crippen LogP contribution in [0, 0.1) is 18.8 Å². The van der Waals surface area contributed by atoms with E-state index in [1.807, 2.05) is 75.4 Å². The largest absolute Gasteiger partial charge is 0.463 e. The topological polar surface area (TPSA) is 111 Å². The molecule has 200 valence electrons. The number of hydrogen-bond donors (Lipinski definition) is 1. The Balaban J connectivity index is 1.77. The summed E-state index contributed by atoms with van der Waals surface area (Å²) >= 11 is 0. The molecule has 1 aromatic heterocycles. The SMILES string of the molecule is Cc1ncoc1-c1cccc(C(COC(=O)CC(C)C)N2C(=O)[C@@](CC(C)C)(c3ccccc3)N=C2N)c1. The number of rotatable bonds is 10. The van der Waals surface area contributed by atoms with E-state index in [-0.39, 0.29) is 42.7 Å². The molecule has 2 aromatic carbocycles. The highest BCUT2D eigenvalue weighted by Crippen LogP contribution is 2.42. The van der Waals surface area contributed by atoms with E-state index in [2.05, 4.69) is 18.8 Å². The summed E-state index contributed by atoms with van der Waals surface area (Å²) in [6.45, 7) is 9.83. The molecule has 1 aliphatic rings. The molecule has 3 aromatic rings. The highest BCUT2D eigenvalue weighted by atomic mass is 16.5. The van der Waals surface area contributed by atoms with Gasteiger partial charge in [0.2, 0.25) is 0 Å². The molecule has 8 nitrogen and oxygen atoms in total. The van der Waals surface area contributed by atoms with Crippen LogP contribution in [0.15, 0.2) is 70.4 Å². The first-order chi connectivity index (χ1) is 18.1. The van der Waals surface area contributed by atoms with Gasteiger partial charge in [-0.2, -0.15) is 0 Å². The Hall–Kier alpha value is -3.94. The van der Waals surface area contributed by atoms with Crippen LogP contribution in [-0.2, 0) is 19.9 Å². The fourth-order valence-electron chi connectivity index (χ4n) is 5.00. The normalized spacial score (nSPS) is 18.2. The number of nitrogens with two attached hydrogens (primary N) is 1. The minimum absolute atomic E-state index is 0.0566. The third-order valence-electron chi connectivity index (χ3n) is 6.65. The van der Waals surface area contributed by atoms with Gasteiger partial charge in [-0.3, -0.25) is 14.5 Å². The van der Waals surface area contributed by atoms with Crippen molar-refractivity contribution in [3.05, 3.63) is 77.8 Å². The number of ether oxygens (including phenoxy) is 1. The maximum atomic E-state index is 14.3. The van der Waals surface area contributed by atoms with Crippen LogP contribution in [0.25, 0.3) is 11.3 Å². The lowest BCUT2D eigenvalue weighted by molar-refractivity contribution is -0.148. The molecule has 0 fully saturated rings. The lowest BCUT2D eigenvalue weighted by Crippen LogP contribution is -2.47. The standard InChI is InChI=1S/C30H36N4O4/c1-19(2)14-26(35)37-17-25(22-10-9-11-23(15-22)27-21(5)32-18-38-27)34-28(36)30(16-20(3)4,33-29(34)31)24-12-7-6-8-13-24/h6-13,15,18-20,25H,14,16-17H2,1-5H3,(H2,31,33)/t25?,30-/m1/s1. The monoisotopic (exact) mass is 516 g/mol. The number of hydrogen-bond acceptors (Lipinski definition) is 7. The number of aromatic nitrogens is 1. The second-order valence-corrected chi connectivity index (χ2v) is 10.7. The number of oxazole rings is 1. The predicted molar refractivity (Wildman–Crippen MR) is 146 cm³/mol. The molecular formula is C30H36N4O4. The Bertz CT molecular complexity index is 1310. The number of guanidine groups is 1. The fourth-order valence-corrected chi connectivity index (χ4v) is 5.00. The maximum Gasteiger partial charge on any atom is 0.306 e. The number of carbonyl (C=O) groups excluding carboxylic acids is 2. The van der Waals surface area contributed by atoms with Gasteiger partial charge in [-0.25, -0.2) is 9.98 Å². The predicted octanol–water partition coefficient (Wildman–Crippen LogP) is 5.38. The van der Waals surface area contributed by atoms with E-state index >= 15 is 0 Å². The number of aryl methyl sites for hydroxylation is 1. The Morgan fingerprint density at radius 3 is 2.45 bits per heavy atom. The van der Waals surface area contributed by atoms with Crippen molar-refractivity contribution in [1.29, 1.82) is 0 Å². The van der Waals surface area contributed by atoms with E-state index in [0.29, 0.717) is 12.2 Å². The van der Waals surface area contributed by atoms with Crippen molar-refractivity contribution >= 4 is 17.8 Å². The summed E-state index contributed by atoms with van der Waals surface area (Å²) < 4.78 is 11.3. The van der Waals surface area contributed by atoms with Crippen LogP contribution in [0.5, 0.6) is 0 Å². The van der Waals surface area contributed by atoms with Crippen LogP contribution in [-0.4, -0.2) is 34.3 Å². The molecule has 2 atom stereocenters. The molecule has 2 heterocycles. The summed E-state index contributed by atoms with van der Waals surface area (Å²) in [5.41, 5.74) is 8.45. The van der Waals surface area contributed by atoms with E-state index in [9.17, 15) is 9.59 Å². The van der Waals surface area contributed by atoms with Crippen LogP contribution in [0.2, 0.25) is 0 Å². The summed E-state index contributed by atoms with van der Waals surface area (Å²) in [4.78, 5) is 37.4. The summed E-state index contributed by atoms with van der Waals surface area (Å²) in [6.07, 6.45) is 2.17. The molecule has 0 bridgehead atoms. The van der Waals surface area contributed by atoms with E-state index in [1.54, 1.807) is 0 Å². The Morgan fingerprint density at radius 1 is 1.08 bits per heavy atom. The third-order valence-corrected chi connectivity index (χ3v) is 6.65. The smallest absolute Gasteiger partial charge is 0.306 e. The molecule has 0 aliphatic carbocycles. The van der Waals surface area contributed by atoms with Crippen molar-refractivity contribution in [2.45, 2.75) is 59.0 Å². The van der Waals surface area contributed by atoms with E-state index < -0.39 is 11.6 Å². The van der Waals surface area contributed by atoms with Gasteiger partial charge in [-0.1, -0.05) is 76.2 Å². The molecule has 0 radical (unpaired) electrons. The van der Waals surface area contributed by atoms with Gasteiger partial charge in [0, 0.05) is 12.0 Å². The van der Waals surface area contributed by atoms with Crippen molar-refractivity contribution in [2.24, 2.45) is 22.6 Å². The highest BCUT2D eigenvalue weighted by molar-refractivity contribution is 6.07. The minimum Gasteiger partial charge on any atom is -0.463 e. The molecule has 2 N–H and O–H groups in total. The van der Waals surface area contributed by atoms with Crippen molar-refractivity contribution in [2.75, 3.05) is 6.61 Å². The molecule has 0 saturated carbocycles. The quantitative estimate of drug-likeness (QED) is 0.362. The maximum absolute atomic E-state index is 14.3. The second-order valence-electron chi connectivity index (χ2n) is 10.7. The molecule has 38 heavy (non-hydrogen) atoms. The van der Waals surface area contributed by atoms with Gasteiger partial charge in [0.15, 0.2) is 23.7 Å². The first kappa shape index (κ1) is 27.1. The molecule has 0 saturated heterocycles. The van der Waals surface area contributed by atoms with Crippen LogP contribution < -0.4 is 5.73 Å². The van der Waals surface area contributed by atoms with Gasteiger partial charge in [-0.05, 0) is 42.4 Å². The number of amides is 1. The zero-order chi connectivity index (χ0) is 27.4. The van der Waals surface area contributed by atoms with Gasteiger partial charge in [0.1, 0.15) is 6.61 Å². The molecular weight excluding hydrogens is 480 g/mol. The van der Waals surface area contributed by atoms with Crippen molar-refractivity contribution in [3.8, 4) is 11.3 Å². The summed E-state index contributed by atoms with van der Waals surface area (Å²) in [7, 11) is 0. The van der Waals surface area contributed by atoms with Crippen molar-refractivity contribution in [1.82, 2.24) is 9.88 Å². The van der Waals surface area contributed by atoms with Crippen LogP contribution in [0.4, 0.5) is 0 Å². The molecule has 1 aliphatic heterocycles. The fraction of sp³-hybridized carbons (Fsp3) is 0.400. The summed E-state index contributed by atoms with van der Waals surface area (Å²) in [6, 6.07) is 16.4. The lowest BCUT2D eigenvalue weighted by Gasteiger charge is -2.32.